The Bertz CT molecular complexity index is 974. The lowest BCUT2D eigenvalue weighted by molar-refractivity contribution is -0.255. The fourth-order valence-corrected chi connectivity index (χ4v) is 11.0. The van der Waals surface area contributed by atoms with Gasteiger partial charge in [0.2, 0.25) is 0 Å². The van der Waals surface area contributed by atoms with Crippen molar-refractivity contribution < 1.29 is 30.3 Å². The predicted octanol–water partition coefficient (Wildman–Crippen LogP) is 4.15. The largest absolute Gasteiger partial charge is 0.481 e. The Morgan fingerprint density at radius 1 is 1.03 bits per heavy atom. The van der Waals surface area contributed by atoms with Crippen LogP contribution in [-0.4, -0.2) is 55.9 Å². The van der Waals surface area contributed by atoms with Crippen LogP contribution in [0.15, 0.2) is 11.6 Å². The smallest absolute Gasteiger partial charge is 0.310 e. The molecule has 0 heterocycles. The number of carboxylic acid groups (broad SMARTS) is 1. The fourth-order valence-electron chi connectivity index (χ4n) is 11.0. The monoisotopic (exact) mass is 504 g/mol. The zero-order chi connectivity index (χ0) is 26.7. The Morgan fingerprint density at radius 2 is 1.69 bits per heavy atom. The number of allylic oxidation sites excluding steroid dienone is 1. The van der Waals surface area contributed by atoms with Crippen LogP contribution in [0.25, 0.3) is 0 Å². The zero-order valence-electron chi connectivity index (χ0n) is 23.0. The molecule has 204 valence electrons. The Hall–Kier alpha value is -0.950. The van der Waals surface area contributed by atoms with Gasteiger partial charge < -0.3 is 25.5 Å². The van der Waals surface area contributed by atoms with Crippen molar-refractivity contribution in [3.8, 4) is 0 Å². The molecule has 5 rings (SSSR count). The Balaban J connectivity index is 1.66. The molecular weight excluding hydrogens is 456 g/mol. The van der Waals surface area contributed by atoms with E-state index in [9.17, 15) is 30.3 Å². The van der Waals surface area contributed by atoms with E-state index in [2.05, 4.69) is 26.8 Å². The standard InChI is InChI=1S/C30H48O6/c1-17-9-12-30(24(34)35)14-13-27(4)18(22(30)29(17,6)36)7-8-20-25(2)11-10-21(33)26(3,16-31)23(25)19(32)15-28(20,27)5/h7,17,19-23,31-33,36H,8-16H2,1-6H3,(H,34,35)/t17-,19+,20-,21-,22-,23-,25-,26-,27-,28-,29-,30+/m1/s1. The molecule has 36 heavy (non-hydrogen) atoms. The summed E-state index contributed by atoms with van der Waals surface area (Å²) in [4.78, 5) is 12.8. The summed E-state index contributed by atoms with van der Waals surface area (Å²) >= 11 is 0. The Kier molecular flexibility index (Phi) is 5.77. The van der Waals surface area contributed by atoms with Crippen LogP contribution in [0.3, 0.4) is 0 Å². The summed E-state index contributed by atoms with van der Waals surface area (Å²) < 4.78 is 0. The van der Waals surface area contributed by atoms with Crippen LogP contribution >= 0.6 is 0 Å². The first kappa shape index (κ1) is 26.6. The first-order chi connectivity index (χ1) is 16.6. The maximum atomic E-state index is 12.8. The summed E-state index contributed by atoms with van der Waals surface area (Å²) in [5, 5.41) is 55.6. The molecule has 0 amide bonds. The van der Waals surface area contributed by atoms with Crippen molar-refractivity contribution in [2.75, 3.05) is 6.61 Å². The summed E-state index contributed by atoms with van der Waals surface area (Å²) in [7, 11) is 0. The molecule has 6 nitrogen and oxygen atoms in total. The maximum Gasteiger partial charge on any atom is 0.310 e. The van der Waals surface area contributed by atoms with E-state index < -0.39 is 40.5 Å². The normalized spacial score (nSPS) is 58.6. The minimum atomic E-state index is -1.11. The van der Waals surface area contributed by atoms with E-state index in [0.29, 0.717) is 32.1 Å². The first-order valence-electron chi connectivity index (χ1n) is 14.2. The zero-order valence-corrected chi connectivity index (χ0v) is 23.0. The van der Waals surface area contributed by atoms with Gasteiger partial charge in [0.15, 0.2) is 0 Å². The molecule has 6 heteroatoms. The minimum absolute atomic E-state index is 0.00712. The van der Waals surface area contributed by atoms with E-state index >= 15 is 0 Å². The molecule has 5 aliphatic rings. The van der Waals surface area contributed by atoms with E-state index in [1.807, 2.05) is 20.8 Å². The number of hydrogen-bond donors (Lipinski definition) is 5. The van der Waals surface area contributed by atoms with Crippen LogP contribution in [-0.2, 0) is 4.79 Å². The van der Waals surface area contributed by atoms with E-state index in [1.54, 1.807) is 0 Å². The van der Waals surface area contributed by atoms with Gasteiger partial charge in [-0.2, -0.15) is 0 Å². The van der Waals surface area contributed by atoms with Gasteiger partial charge in [-0.25, -0.2) is 0 Å². The number of aliphatic hydroxyl groups is 4. The highest BCUT2D eigenvalue weighted by molar-refractivity contribution is 5.77. The molecule has 5 N–H and O–H groups in total. The van der Waals surface area contributed by atoms with Gasteiger partial charge in [-0.1, -0.05) is 46.3 Å². The average Bonchev–Trinajstić information content (AvgIpc) is 2.79. The molecule has 0 spiro atoms. The van der Waals surface area contributed by atoms with Gasteiger partial charge in [0.05, 0.1) is 29.8 Å². The van der Waals surface area contributed by atoms with Gasteiger partial charge in [0, 0.05) is 17.3 Å². The molecule has 0 aromatic carbocycles. The van der Waals surface area contributed by atoms with E-state index in [-0.39, 0.29) is 40.6 Å². The van der Waals surface area contributed by atoms with Gasteiger partial charge in [-0.05, 0) is 86.4 Å². The number of carboxylic acids is 1. The summed E-state index contributed by atoms with van der Waals surface area (Å²) in [5.41, 5.74) is -2.62. The molecule has 0 radical (unpaired) electrons. The Morgan fingerprint density at radius 3 is 2.31 bits per heavy atom. The van der Waals surface area contributed by atoms with E-state index in [4.69, 9.17) is 0 Å². The number of carbonyl (C=O) groups is 1. The van der Waals surface area contributed by atoms with Gasteiger partial charge in [0.25, 0.3) is 0 Å². The van der Waals surface area contributed by atoms with Crippen molar-refractivity contribution in [3.05, 3.63) is 11.6 Å². The lowest BCUT2D eigenvalue weighted by atomic mass is 9.32. The fraction of sp³-hybridized carbons (Fsp3) is 0.900. The number of aliphatic hydroxyl groups excluding tert-OH is 3. The second kappa shape index (κ2) is 7.80. The number of rotatable bonds is 2. The lowest BCUT2D eigenvalue weighted by Crippen LogP contribution is -2.70. The molecule has 0 saturated heterocycles. The van der Waals surface area contributed by atoms with Gasteiger partial charge >= 0.3 is 5.97 Å². The number of aliphatic carboxylic acids is 1. The Labute approximate surface area is 216 Å². The second-order valence-electron chi connectivity index (χ2n) is 14.7. The maximum absolute atomic E-state index is 12.8. The van der Waals surface area contributed by atoms with Crippen molar-refractivity contribution in [3.63, 3.8) is 0 Å². The third kappa shape index (κ3) is 2.91. The van der Waals surface area contributed by atoms with Gasteiger partial charge in [0.1, 0.15) is 0 Å². The van der Waals surface area contributed by atoms with Crippen LogP contribution in [0.1, 0.15) is 92.9 Å². The van der Waals surface area contributed by atoms with Crippen LogP contribution in [0, 0.1) is 50.7 Å². The third-order valence-electron chi connectivity index (χ3n) is 13.5. The molecular formula is C30H48O6. The third-order valence-corrected chi connectivity index (χ3v) is 13.5. The molecule has 4 fully saturated rings. The summed E-state index contributed by atoms with van der Waals surface area (Å²) in [5.74, 6) is -1.21. The van der Waals surface area contributed by atoms with Gasteiger partial charge in [-0.3, -0.25) is 4.79 Å². The van der Waals surface area contributed by atoms with Crippen LogP contribution in [0.5, 0.6) is 0 Å². The molecule has 4 saturated carbocycles. The van der Waals surface area contributed by atoms with E-state index in [0.717, 1.165) is 24.8 Å². The second-order valence-corrected chi connectivity index (χ2v) is 14.7. The quantitative estimate of drug-likeness (QED) is 0.361. The average molecular weight is 505 g/mol. The molecule has 0 aliphatic heterocycles. The molecule has 0 unspecified atom stereocenters. The van der Waals surface area contributed by atoms with Crippen LogP contribution in [0.4, 0.5) is 0 Å². The lowest BCUT2D eigenvalue weighted by Gasteiger charge is -2.72. The molecule has 12 atom stereocenters. The topological polar surface area (TPSA) is 118 Å². The van der Waals surface area contributed by atoms with Crippen molar-refractivity contribution >= 4 is 5.97 Å². The van der Waals surface area contributed by atoms with Crippen molar-refractivity contribution in [1.82, 2.24) is 0 Å². The van der Waals surface area contributed by atoms with Crippen molar-refractivity contribution in [1.29, 1.82) is 0 Å². The number of fused-ring (bicyclic) bond motifs is 7. The molecule has 0 aromatic rings. The first-order valence-corrected chi connectivity index (χ1v) is 14.2. The highest BCUT2D eigenvalue weighted by Crippen LogP contribution is 2.76. The number of hydrogen-bond acceptors (Lipinski definition) is 5. The highest BCUT2D eigenvalue weighted by atomic mass is 16.4. The van der Waals surface area contributed by atoms with Gasteiger partial charge in [-0.15, -0.1) is 0 Å². The van der Waals surface area contributed by atoms with Crippen molar-refractivity contribution in [2.45, 2.75) is 111 Å². The summed E-state index contributed by atoms with van der Waals surface area (Å²) in [6, 6.07) is 0. The van der Waals surface area contributed by atoms with Crippen LogP contribution in [0.2, 0.25) is 0 Å². The minimum Gasteiger partial charge on any atom is -0.481 e. The predicted molar refractivity (Wildman–Crippen MR) is 137 cm³/mol. The molecule has 0 bridgehead atoms. The van der Waals surface area contributed by atoms with Crippen molar-refractivity contribution in [2.24, 2.45) is 50.7 Å². The highest BCUT2D eigenvalue weighted by Gasteiger charge is 2.73. The van der Waals surface area contributed by atoms with Crippen LogP contribution < -0.4 is 0 Å². The summed E-state index contributed by atoms with van der Waals surface area (Å²) in [6.45, 7) is 12.5. The SMILES string of the molecule is C[C@@H]1CC[C@]2(C(=O)O)CC[C@]3(C)C(=CC[C@@H]4[C@@]5(C)CC[C@@H](O)[C@@](C)(CO)[C@@H]5[C@@H](O)C[C@]43C)[C@@H]2[C@]1(C)O. The van der Waals surface area contributed by atoms with E-state index in [1.165, 1.54) is 0 Å². The summed E-state index contributed by atoms with van der Waals surface area (Å²) in [6.07, 6.45) is 6.26. The molecule has 5 aliphatic carbocycles. The molecule has 0 aromatic heterocycles.